The van der Waals surface area contributed by atoms with E-state index in [0.717, 1.165) is 71.1 Å². The minimum absolute atomic E-state index is 0.317. The van der Waals surface area contributed by atoms with Gasteiger partial charge >= 0.3 is 0 Å². The third-order valence-corrected chi connectivity index (χ3v) is 9.83. The van der Waals surface area contributed by atoms with Crippen LogP contribution in [0.5, 0.6) is 0 Å². The van der Waals surface area contributed by atoms with E-state index in [-0.39, 0.29) is 0 Å². The maximum absolute atomic E-state index is 13.4. The van der Waals surface area contributed by atoms with Gasteiger partial charge in [-0.15, -0.1) is 0 Å². The highest BCUT2D eigenvalue weighted by Crippen LogP contribution is 2.32. The van der Waals surface area contributed by atoms with E-state index >= 15 is 0 Å². The van der Waals surface area contributed by atoms with Gasteiger partial charge in [-0.2, -0.15) is 4.98 Å². The minimum atomic E-state index is -3.64. The van der Waals surface area contributed by atoms with Crippen molar-refractivity contribution in [3.05, 3.63) is 91.0 Å². The number of fused-ring (bicyclic) bond motifs is 2. The smallest absolute Gasteiger partial charge is 0.241 e. The first-order chi connectivity index (χ1) is 20.9. The van der Waals surface area contributed by atoms with Gasteiger partial charge in [0, 0.05) is 54.7 Å². The van der Waals surface area contributed by atoms with E-state index in [9.17, 15) is 8.42 Å². The first-order valence-electron chi connectivity index (χ1n) is 14.9. The number of anilines is 4. The number of nitrogens with zero attached hydrogens (tertiary/aromatic N) is 3. The van der Waals surface area contributed by atoms with Gasteiger partial charge in [0.15, 0.2) is 0 Å². The first kappa shape index (κ1) is 28.9. The molecule has 1 saturated carbocycles. The molecule has 3 N–H and O–H groups in total. The fraction of sp³-hybridized carbons (Fsp3) is 0.294. The van der Waals surface area contributed by atoms with Gasteiger partial charge in [-0.1, -0.05) is 54.6 Å². The third-order valence-electron chi connectivity index (χ3n) is 8.35. The molecule has 1 aliphatic carbocycles. The van der Waals surface area contributed by atoms with Crippen LogP contribution in [0.15, 0.2) is 95.9 Å². The monoisotopic (exact) mass is 594 g/mol. The van der Waals surface area contributed by atoms with Crippen molar-refractivity contribution >= 4 is 54.8 Å². The predicted molar refractivity (Wildman–Crippen MR) is 177 cm³/mol. The van der Waals surface area contributed by atoms with Crippen LogP contribution in [0.2, 0.25) is 0 Å². The molecule has 5 aromatic rings. The van der Waals surface area contributed by atoms with E-state index in [0.29, 0.717) is 29.2 Å². The number of para-hydroxylation sites is 2. The number of sulfonamides is 1. The molecule has 4 aromatic carbocycles. The molecule has 9 heteroatoms. The molecule has 1 aliphatic rings. The summed E-state index contributed by atoms with van der Waals surface area (Å²) in [5.74, 6) is 2.19. The number of benzene rings is 4. The molecule has 6 rings (SSSR count). The summed E-state index contributed by atoms with van der Waals surface area (Å²) >= 11 is 0. The van der Waals surface area contributed by atoms with Gasteiger partial charge in [-0.05, 0) is 73.9 Å². The lowest BCUT2D eigenvalue weighted by molar-refractivity contribution is 0.284. The zero-order chi connectivity index (χ0) is 29.8. The SMILES string of the molecule is CN(C)c1cccc2c(S(=O)(=O)NC[C@H]3CC[C@H](CNc4nc(Nc5ccccc5)c5ccccc5n4)CC3)cccc12. The third kappa shape index (κ3) is 6.58. The van der Waals surface area contributed by atoms with Gasteiger partial charge in [0.1, 0.15) is 5.82 Å². The summed E-state index contributed by atoms with van der Waals surface area (Å²) in [6, 6.07) is 29.3. The molecule has 0 saturated heterocycles. The van der Waals surface area contributed by atoms with Crippen LogP contribution in [0.25, 0.3) is 21.7 Å². The Morgan fingerprint density at radius 2 is 1.37 bits per heavy atom. The van der Waals surface area contributed by atoms with E-state index in [4.69, 9.17) is 9.97 Å². The molecule has 222 valence electrons. The molecule has 0 radical (unpaired) electrons. The molecular formula is C34H38N6O2S. The maximum Gasteiger partial charge on any atom is 0.241 e. The van der Waals surface area contributed by atoms with Crippen molar-refractivity contribution < 1.29 is 8.42 Å². The average Bonchev–Trinajstić information content (AvgIpc) is 3.03. The molecule has 1 aromatic heterocycles. The summed E-state index contributed by atoms with van der Waals surface area (Å²) in [7, 11) is 0.299. The molecule has 0 amide bonds. The summed E-state index contributed by atoms with van der Waals surface area (Å²) in [5.41, 5.74) is 2.86. The zero-order valence-electron chi connectivity index (χ0n) is 24.6. The fourth-order valence-electron chi connectivity index (χ4n) is 5.98. The standard InChI is InChI=1S/C34H38N6O2S/c1-40(2)31-16-8-14-28-27(31)13-9-17-32(28)43(41,42)36-23-25-20-18-24(19-21-25)22-35-34-38-30-15-7-6-12-29(30)33(39-34)37-26-10-4-3-5-11-26/h3-17,24-25,36H,18-23H2,1-2H3,(H2,35,37,38,39)/t24-,25-. The summed E-state index contributed by atoms with van der Waals surface area (Å²) < 4.78 is 29.7. The Morgan fingerprint density at radius 3 is 2.14 bits per heavy atom. The topological polar surface area (TPSA) is 99.3 Å². The molecule has 0 bridgehead atoms. The van der Waals surface area contributed by atoms with E-state index < -0.39 is 10.0 Å². The summed E-state index contributed by atoms with van der Waals surface area (Å²) in [6.45, 7) is 1.24. The quantitative estimate of drug-likeness (QED) is 0.164. The van der Waals surface area contributed by atoms with Crippen LogP contribution < -0.4 is 20.3 Å². The minimum Gasteiger partial charge on any atom is -0.377 e. The maximum atomic E-state index is 13.4. The highest BCUT2D eigenvalue weighted by Gasteiger charge is 2.25. The Bertz CT molecular complexity index is 1820. The lowest BCUT2D eigenvalue weighted by Crippen LogP contribution is -2.32. The van der Waals surface area contributed by atoms with E-state index in [1.807, 2.05) is 104 Å². The molecule has 43 heavy (non-hydrogen) atoms. The Balaban J connectivity index is 1.05. The van der Waals surface area contributed by atoms with E-state index in [1.54, 1.807) is 6.07 Å². The van der Waals surface area contributed by atoms with Gasteiger partial charge in [-0.3, -0.25) is 0 Å². The second-order valence-corrected chi connectivity index (χ2v) is 13.3. The number of rotatable bonds is 10. The highest BCUT2D eigenvalue weighted by atomic mass is 32.2. The Labute approximate surface area is 253 Å². The van der Waals surface area contributed by atoms with Crippen molar-refractivity contribution in [3.8, 4) is 0 Å². The molecule has 0 spiro atoms. The van der Waals surface area contributed by atoms with Crippen LogP contribution in [0, 0.1) is 11.8 Å². The van der Waals surface area contributed by atoms with Crippen molar-refractivity contribution in [2.75, 3.05) is 42.7 Å². The number of hydrogen-bond acceptors (Lipinski definition) is 7. The Morgan fingerprint density at radius 1 is 0.721 bits per heavy atom. The molecule has 8 nitrogen and oxygen atoms in total. The van der Waals surface area contributed by atoms with Crippen LogP contribution >= 0.6 is 0 Å². The Hall–Kier alpha value is -4.21. The number of nitrogens with one attached hydrogen (secondary N) is 3. The van der Waals surface area contributed by atoms with E-state index in [1.165, 1.54) is 0 Å². The van der Waals surface area contributed by atoms with Crippen molar-refractivity contribution in [2.24, 2.45) is 11.8 Å². The normalized spacial score (nSPS) is 17.2. The van der Waals surface area contributed by atoms with Crippen LogP contribution in [0.1, 0.15) is 25.7 Å². The van der Waals surface area contributed by atoms with Gasteiger partial charge in [0.25, 0.3) is 0 Å². The largest absolute Gasteiger partial charge is 0.377 e. The lowest BCUT2D eigenvalue weighted by Gasteiger charge is -2.28. The van der Waals surface area contributed by atoms with Crippen LogP contribution in [-0.2, 0) is 10.0 Å². The summed E-state index contributed by atoms with van der Waals surface area (Å²) in [5, 5.41) is 9.56. The van der Waals surface area contributed by atoms with Crippen molar-refractivity contribution in [3.63, 3.8) is 0 Å². The van der Waals surface area contributed by atoms with Crippen LogP contribution in [-0.4, -0.2) is 45.6 Å². The number of hydrogen-bond donors (Lipinski definition) is 3. The molecule has 0 aliphatic heterocycles. The van der Waals surface area contributed by atoms with Gasteiger partial charge < -0.3 is 15.5 Å². The lowest BCUT2D eigenvalue weighted by atomic mass is 9.82. The second-order valence-electron chi connectivity index (χ2n) is 11.5. The van der Waals surface area contributed by atoms with Crippen molar-refractivity contribution in [2.45, 2.75) is 30.6 Å². The fourth-order valence-corrected chi connectivity index (χ4v) is 7.31. The average molecular weight is 595 g/mol. The van der Waals surface area contributed by atoms with E-state index in [2.05, 4.69) is 15.4 Å². The second kappa shape index (κ2) is 12.6. The molecule has 0 atom stereocenters. The van der Waals surface area contributed by atoms with Crippen LogP contribution in [0.3, 0.4) is 0 Å². The molecule has 0 unspecified atom stereocenters. The highest BCUT2D eigenvalue weighted by molar-refractivity contribution is 7.89. The molecule has 1 heterocycles. The summed E-state index contributed by atoms with van der Waals surface area (Å²) in [6.07, 6.45) is 4.02. The molecule has 1 fully saturated rings. The van der Waals surface area contributed by atoms with Crippen molar-refractivity contribution in [1.82, 2.24) is 14.7 Å². The van der Waals surface area contributed by atoms with Crippen LogP contribution in [0.4, 0.5) is 23.1 Å². The zero-order valence-corrected chi connectivity index (χ0v) is 25.4. The molecular weight excluding hydrogens is 556 g/mol. The predicted octanol–water partition coefficient (Wildman–Crippen LogP) is 6.79. The Kier molecular flexibility index (Phi) is 8.44. The number of aromatic nitrogens is 2. The van der Waals surface area contributed by atoms with Gasteiger partial charge in [0.05, 0.1) is 10.4 Å². The van der Waals surface area contributed by atoms with Crippen molar-refractivity contribution in [1.29, 1.82) is 0 Å². The first-order valence-corrected chi connectivity index (χ1v) is 16.4. The summed E-state index contributed by atoms with van der Waals surface area (Å²) in [4.78, 5) is 11.9. The van der Waals surface area contributed by atoms with Gasteiger partial charge in [0.2, 0.25) is 16.0 Å². The van der Waals surface area contributed by atoms with Gasteiger partial charge in [-0.25, -0.2) is 18.1 Å².